The minimum absolute atomic E-state index is 0.0532. The first-order valence-corrected chi connectivity index (χ1v) is 11.8. The van der Waals surface area contributed by atoms with Crippen molar-refractivity contribution in [2.24, 2.45) is 0 Å². The smallest absolute Gasteiger partial charge is 0.240 e. The molecule has 0 bridgehead atoms. The third kappa shape index (κ3) is 5.28. The summed E-state index contributed by atoms with van der Waals surface area (Å²) in [5, 5.41) is 0. The predicted molar refractivity (Wildman–Crippen MR) is 118 cm³/mol. The fourth-order valence-electron chi connectivity index (χ4n) is 4.01. The number of piperazine rings is 1. The lowest BCUT2D eigenvalue weighted by Gasteiger charge is -2.37. The second-order valence-corrected chi connectivity index (χ2v) is 9.39. The SMILES string of the molecule is O=S(=O)(NCC(c1cccnc1)[NH+]1CCN(c2ccc(F)cc2)CC1)c1ccccc1. The number of quaternary nitrogens is 1. The van der Waals surface area contributed by atoms with Crippen LogP contribution in [0.25, 0.3) is 0 Å². The van der Waals surface area contributed by atoms with Gasteiger partial charge in [0.15, 0.2) is 0 Å². The summed E-state index contributed by atoms with van der Waals surface area (Å²) in [5.41, 5.74) is 2.01. The molecule has 8 heteroatoms. The van der Waals surface area contributed by atoms with Crippen LogP contribution in [0.5, 0.6) is 0 Å². The number of nitrogens with one attached hydrogen (secondary N) is 2. The van der Waals surface area contributed by atoms with Crippen LogP contribution >= 0.6 is 0 Å². The van der Waals surface area contributed by atoms with Crippen LogP contribution in [0.3, 0.4) is 0 Å². The molecule has 0 spiro atoms. The zero-order valence-corrected chi connectivity index (χ0v) is 17.9. The second-order valence-electron chi connectivity index (χ2n) is 7.63. The molecule has 31 heavy (non-hydrogen) atoms. The van der Waals surface area contributed by atoms with Crippen LogP contribution < -0.4 is 14.5 Å². The summed E-state index contributed by atoms with van der Waals surface area (Å²) < 4.78 is 41.5. The van der Waals surface area contributed by atoms with Crippen molar-refractivity contribution in [2.75, 3.05) is 37.6 Å². The van der Waals surface area contributed by atoms with E-state index in [0.29, 0.717) is 0 Å². The lowest BCUT2D eigenvalue weighted by molar-refractivity contribution is -0.930. The molecule has 0 saturated carbocycles. The quantitative estimate of drug-likeness (QED) is 0.585. The summed E-state index contributed by atoms with van der Waals surface area (Å²) in [4.78, 5) is 8.02. The van der Waals surface area contributed by atoms with Gasteiger partial charge in [-0.15, -0.1) is 0 Å². The molecule has 1 fully saturated rings. The number of nitrogens with zero attached hydrogens (tertiary/aromatic N) is 2. The highest BCUT2D eigenvalue weighted by molar-refractivity contribution is 7.89. The highest BCUT2D eigenvalue weighted by atomic mass is 32.2. The molecule has 6 nitrogen and oxygen atoms in total. The van der Waals surface area contributed by atoms with Gasteiger partial charge in [0, 0.05) is 23.6 Å². The topological polar surface area (TPSA) is 66.7 Å². The molecular weight excluding hydrogens is 415 g/mol. The highest BCUT2D eigenvalue weighted by Crippen LogP contribution is 2.16. The van der Waals surface area contributed by atoms with E-state index in [2.05, 4.69) is 14.6 Å². The Morgan fingerprint density at radius 3 is 2.35 bits per heavy atom. The van der Waals surface area contributed by atoms with Gasteiger partial charge in [-0.1, -0.05) is 18.2 Å². The second kappa shape index (κ2) is 9.55. The van der Waals surface area contributed by atoms with Crippen molar-refractivity contribution < 1.29 is 17.7 Å². The maximum Gasteiger partial charge on any atom is 0.240 e. The first kappa shape index (κ1) is 21.4. The number of rotatable bonds is 7. The lowest BCUT2D eigenvalue weighted by atomic mass is 10.1. The van der Waals surface area contributed by atoms with Crippen molar-refractivity contribution in [1.29, 1.82) is 0 Å². The highest BCUT2D eigenvalue weighted by Gasteiger charge is 2.30. The number of sulfonamides is 1. The Balaban J connectivity index is 1.47. The summed E-state index contributed by atoms with van der Waals surface area (Å²) >= 11 is 0. The Hall–Kier alpha value is -2.81. The summed E-state index contributed by atoms with van der Waals surface area (Å²) in [6, 6.07) is 18.8. The van der Waals surface area contributed by atoms with Crippen molar-refractivity contribution in [1.82, 2.24) is 9.71 Å². The largest absolute Gasteiger partial charge is 0.360 e. The summed E-state index contributed by atoms with van der Waals surface area (Å²) in [6.45, 7) is 3.58. The maximum absolute atomic E-state index is 13.2. The average Bonchev–Trinajstić information content (AvgIpc) is 2.81. The minimum atomic E-state index is -3.59. The number of hydrogen-bond donors (Lipinski definition) is 2. The van der Waals surface area contributed by atoms with E-state index in [1.54, 1.807) is 54.9 Å². The molecule has 2 N–H and O–H groups in total. The standard InChI is InChI=1S/C23H25FN4O2S/c24-20-8-10-21(11-9-20)27-13-15-28(16-14-27)23(19-5-4-12-25-17-19)18-26-31(29,30)22-6-2-1-3-7-22/h1-12,17,23,26H,13-16,18H2/p+1. The molecule has 1 aliphatic rings. The summed E-state index contributed by atoms with van der Waals surface area (Å²) in [7, 11) is -3.59. The molecule has 1 aliphatic heterocycles. The van der Waals surface area contributed by atoms with E-state index in [-0.39, 0.29) is 23.3 Å². The predicted octanol–water partition coefficient (Wildman–Crippen LogP) is 1.65. The Kier molecular flexibility index (Phi) is 6.60. The van der Waals surface area contributed by atoms with Gasteiger partial charge in [0.25, 0.3) is 0 Å². The summed E-state index contributed by atoms with van der Waals surface area (Å²) in [5.74, 6) is -0.240. The molecule has 0 radical (unpaired) electrons. The Labute approximate surface area is 182 Å². The van der Waals surface area contributed by atoms with Crippen LogP contribution in [-0.2, 0) is 10.0 Å². The van der Waals surface area contributed by atoms with Crippen LogP contribution in [0.2, 0.25) is 0 Å². The molecule has 2 heterocycles. The van der Waals surface area contributed by atoms with Gasteiger partial charge in [0.2, 0.25) is 10.0 Å². The normalized spacial score (nSPS) is 16.2. The summed E-state index contributed by atoms with van der Waals surface area (Å²) in [6.07, 6.45) is 3.53. The molecule has 0 aliphatic carbocycles. The monoisotopic (exact) mass is 441 g/mol. The minimum Gasteiger partial charge on any atom is -0.360 e. The molecule has 2 aromatic carbocycles. The molecule has 0 amide bonds. The zero-order chi connectivity index (χ0) is 21.7. The number of pyridine rings is 1. The van der Waals surface area contributed by atoms with Gasteiger partial charge in [0.05, 0.1) is 37.6 Å². The van der Waals surface area contributed by atoms with E-state index in [0.717, 1.165) is 37.4 Å². The van der Waals surface area contributed by atoms with Gasteiger partial charge in [-0.05, 0) is 48.5 Å². The molecule has 4 rings (SSSR count). The lowest BCUT2D eigenvalue weighted by Crippen LogP contribution is -3.15. The van der Waals surface area contributed by atoms with Gasteiger partial charge in [-0.3, -0.25) is 4.98 Å². The number of anilines is 1. The van der Waals surface area contributed by atoms with Crippen LogP contribution in [0.1, 0.15) is 11.6 Å². The van der Waals surface area contributed by atoms with Crippen molar-refractivity contribution >= 4 is 15.7 Å². The third-order valence-electron chi connectivity index (χ3n) is 5.71. The number of hydrogen-bond acceptors (Lipinski definition) is 4. The average molecular weight is 442 g/mol. The van der Waals surface area contributed by atoms with Gasteiger partial charge in [-0.2, -0.15) is 0 Å². The Morgan fingerprint density at radius 2 is 1.71 bits per heavy atom. The molecule has 1 aromatic heterocycles. The number of benzene rings is 2. The Morgan fingerprint density at radius 1 is 1.00 bits per heavy atom. The molecule has 1 unspecified atom stereocenters. The fraction of sp³-hybridized carbons (Fsp3) is 0.261. The number of halogens is 1. The van der Waals surface area contributed by atoms with E-state index in [1.807, 2.05) is 12.1 Å². The van der Waals surface area contributed by atoms with Gasteiger partial charge < -0.3 is 9.80 Å². The van der Waals surface area contributed by atoms with Crippen LogP contribution in [0, 0.1) is 5.82 Å². The molecule has 1 atom stereocenters. The van der Waals surface area contributed by atoms with Gasteiger partial charge >= 0.3 is 0 Å². The third-order valence-corrected chi connectivity index (χ3v) is 7.15. The number of aromatic nitrogens is 1. The van der Waals surface area contributed by atoms with Crippen molar-refractivity contribution in [2.45, 2.75) is 10.9 Å². The molecular formula is C23H26FN4O2S+. The molecule has 162 valence electrons. The van der Waals surface area contributed by atoms with Gasteiger partial charge in [0.1, 0.15) is 11.9 Å². The molecule has 3 aromatic rings. The van der Waals surface area contributed by atoms with E-state index in [9.17, 15) is 12.8 Å². The van der Waals surface area contributed by atoms with Crippen LogP contribution in [0.15, 0.2) is 84.0 Å². The van der Waals surface area contributed by atoms with Gasteiger partial charge in [-0.25, -0.2) is 17.5 Å². The van der Waals surface area contributed by atoms with E-state index in [4.69, 9.17) is 0 Å². The van der Waals surface area contributed by atoms with Crippen LogP contribution in [0.4, 0.5) is 10.1 Å². The van der Waals surface area contributed by atoms with Crippen molar-refractivity contribution in [3.63, 3.8) is 0 Å². The van der Waals surface area contributed by atoms with E-state index < -0.39 is 10.0 Å². The van der Waals surface area contributed by atoms with Crippen LogP contribution in [-0.4, -0.2) is 46.1 Å². The first-order valence-electron chi connectivity index (χ1n) is 10.3. The Bertz CT molecular complexity index is 1070. The molecule has 1 saturated heterocycles. The zero-order valence-electron chi connectivity index (χ0n) is 17.1. The van der Waals surface area contributed by atoms with E-state index >= 15 is 0 Å². The first-order chi connectivity index (χ1) is 15.0. The van der Waals surface area contributed by atoms with E-state index in [1.165, 1.54) is 17.0 Å². The maximum atomic E-state index is 13.2. The fourth-order valence-corrected chi connectivity index (χ4v) is 5.08. The van der Waals surface area contributed by atoms with Crippen molar-refractivity contribution in [3.05, 3.63) is 90.5 Å². The van der Waals surface area contributed by atoms with Crippen molar-refractivity contribution in [3.8, 4) is 0 Å².